The Labute approximate surface area is 125 Å². The van der Waals surface area contributed by atoms with Crippen LogP contribution in [0.1, 0.15) is 31.2 Å². The molecule has 2 saturated carbocycles. The molecule has 0 bridgehead atoms. The zero-order valence-corrected chi connectivity index (χ0v) is 12.7. The standard InChI is InChI=1S/C16H22ClN3/c1-18-15(19-10-12-5-6-12)20-11-16(7-8-16)13-3-2-4-14(17)9-13/h2-4,9,12H,5-8,10-11H2,1H3,(H2,18,19,20). The Hall–Kier alpha value is -1.22. The van der Waals surface area contributed by atoms with Crippen LogP contribution in [0.5, 0.6) is 0 Å². The van der Waals surface area contributed by atoms with Crippen LogP contribution in [-0.4, -0.2) is 26.1 Å². The van der Waals surface area contributed by atoms with Gasteiger partial charge in [-0.05, 0) is 49.3 Å². The van der Waals surface area contributed by atoms with E-state index in [1.807, 2.05) is 19.2 Å². The highest BCUT2D eigenvalue weighted by Crippen LogP contribution is 2.48. The molecule has 2 fully saturated rings. The van der Waals surface area contributed by atoms with Crippen molar-refractivity contribution in [1.29, 1.82) is 0 Å². The third-order valence-electron chi connectivity index (χ3n) is 4.36. The molecule has 0 spiro atoms. The first-order chi connectivity index (χ1) is 9.72. The van der Waals surface area contributed by atoms with E-state index < -0.39 is 0 Å². The molecule has 4 heteroatoms. The Morgan fingerprint density at radius 2 is 2.15 bits per heavy atom. The Morgan fingerprint density at radius 3 is 2.75 bits per heavy atom. The van der Waals surface area contributed by atoms with Crippen LogP contribution >= 0.6 is 11.6 Å². The summed E-state index contributed by atoms with van der Waals surface area (Å²) in [7, 11) is 1.83. The molecule has 0 unspecified atom stereocenters. The molecule has 0 radical (unpaired) electrons. The van der Waals surface area contributed by atoms with Gasteiger partial charge in [-0.15, -0.1) is 0 Å². The van der Waals surface area contributed by atoms with E-state index in [2.05, 4.69) is 27.8 Å². The fraction of sp³-hybridized carbons (Fsp3) is 0.562. The molecule has 2 aliphatic rings. The van der Waals surface area contributed by atoms with Gasteiger partial charge < -0.3 is 10.6 Å². The van der Waals surface area contributed by atoms with Crippen molar-refractivity contribution >= 4 is 17.6 Å². The van der Waals surface area contributed by atoms with Gasteiger partial charge in [0.05, 0.1) is 0 Å². The third kappa shape index (κ3) is 3.26. The highest BCUT2D eigenvalue weighted by Gasteiger charge is 2.44. The van der Waals surface area contributed by atoms with Gasteiger partial charge in [-0.3, -0.25) is 4.99 Å². The Balaban J connectivity index is 1.56. The summed E-state index contributed by atoms with van der Waals surface area (Å²) in [5.41, 5.74) is 1.59. The maximum atomic E-state index is 6.10. The Morgan fingerprint density at radius 1 is 1.35 bits per heavy atom. The van der Waals surface area contributed by atoms with Crippen LogP contribution < -0.4 is 10.6 Å². The average molecular weight is 292 g/mol. The van der Waals surface area contributed by atoms with Crippen LogP contribution in [0.25, 0.3) is 0 Å². The van der Waals surface area contributed by atoms with Gasteiger partial charge in [0.25, 0.3) is 0 Å². The maximum absolute atomic E-state index is 6.10. The van der Waals surface area contributed by atoms with Gasteiger partial charge in [-0.2, -0.15) is 0 Å². The molecule has 1 aromatic carbocycles. The van der Waals surface area contributed by atoms with Crippen molar-refractivity contribution in [3.8, 4) is 0 Å². The minimum atomic E-state index is 0.252. The van der Waals surface area contributed by atoms with Crippen LogP contribution in [0.2, 0.25) is 5.02 Å². The molecule has 20 heavy (non-hydrogen) atoms. The summed E-state index contributed by atoms with van der Waals surface area (Å²) in [6.07, 6.45) is 5.16. The van der Waals surface area contributed by atoms with Crippen molar-refractivity contribution in [3.05, 3.63) is 34.9 Å². The Bertz CT molecular complexity index is 504. The smallest absolute Gasteiger partial charge is 0.191 e. The maximum Gasteiger partial charge on any atom is 0.191 e. The van der Waals surface area contributed by atoms with E-state index in [1.165, 1.54) is 31.2 Å². The lowest BCUT2D eigenvalue weighted by atomic mass is 9.96. The minimum absolute atomic E-state index is 0.252. The highest BCUT2D eigenvalue weighted by molar-refractivity contribution is 6.30. The summed E-state index contributed by atoms with van der Waals surface area (Å²) in [5, 5.41) is 7.70. The molecular weight excluding hydrogens is 270 g/mol. The van der Waals surface area contributed by atoms with Crippen LogP contribution in [0.4, 0.5) is 0 Å². The minimum Gasteiger partial charge on any atom is -0.356 e. The zero-order chi connectivity index (χ0) is 14.0. The van der Waals surface area contributed by atoms with Crippen molar-refractivity contribution in [2.24, 2.45) is 10.9 Å². The van der Waals surface area contributed by atoms with Crippen LogP contribution in [0.3, 0.4) is 0 Å². The first-order valence-electron chi connectivity index (χ1n) is 7.42. The second-order valence-corrected chi connectivity index (χ2v) is 6.48. The molecule has 0 heterocycles. The second-order valence-electron chi connectivity index (χ2n) is 6.04. The van der Waals surface area contributed by atoms with E-state index >= 15 is 0 Å². The van der Waals surface area contributed by atoms with Gasteiger partial charge in [0, 0.05) is 30.6 Å². The lowest BCUT2D eigenvalue weighted by Gasteiger charge is -2.19. The molecule has 3 rings (SSSR count). The van der Waals surface area contributed by atoms with E-state index in [0.717, 1.165) is 30.0 Å². The van der Waals surface area contributed by atoms with Crippen molar-refractivity contribution < 1.29 is 0 Å². The predicted molar refractivity (Wildman–Crippen MR) is 84.5 cm³/mol. The van der Waals surface area contributed by atoms with E-state index in [0.29, 0.717) is 0 Å². The van der Waals surface area contributed by atoms with Crippen molar-refractivity contribution in [1.82, 2.24) is 10.6 Å². The number of nitrogens with zero attached hydrogens (tertiary/aromatic N) is 1. The Kier molecular flexibility index (Phi) is 3.88. The van der Waals surface area contributed by atoms with Crippen LogP contribution in [0.15, 0.2) is 29.3 Å². The van der Waals surface area contributed by atoms with Gasteiger partial charge in [-0.1, -0.05) is 23.7 Å². The number of guanidine groups is 1. The van der Waals surface area contributed by atoms with Gasteiger partial charge in [0.2, 0.25) is 0 Å². The SMILES string of the molecule is CN=C(NCC1CC1)NCC1(c2cccc(Cl)c2)CC1. The number of hydrogen-bond acceptors (Lipinski definition) is 1. The zero-order valence-electron chi connectivity index (χ0n) is 12.0. The van der Waals surface area contributed by atoms with Crippen molar-refractivity contribution in [2.45, 2.75) is 31.1 Å². The van der Waals surface area contributed by atoms with Gasteiger partial charge in [0.15, 0.2) is 5.96 Å². The summed E-state index contributed by atoms with van der Waals surface area (Å²) < 4.78 is 0. The first kappa shape index (κ1) is 13.7. The number of halogens is 1. The summed E-state index contributed by atoms with van der Waals surface area (Å²) in [4.78, 5) is 4.30. The molecule has 1 aromatic rings. The normalized spacial score (nSPS) is 20.6. The van der Waals surface area contributed by atoms with Crippen LogP contribution in [-0.2, 0) is 5.41 Å². The fourth-order valence-corrected chi connectivity index (χ4v) is 2.76. The first-order valence-corrected chi connectivity index (χ1v) is 7.80. The monoisotopic (exact) mass is 291 g/mol. The molecule has 0 atom stereocenters. The van der Waals surface area contributed by atoms with Gasteiger partial charge in [0.1, 0.15) is 0 Å². The van der Waals surface area contributed by atoms with Gasteiger partial charge in [-0.25, -0.2) is 0 Å². The number of benzene rings is 1. The molecule has 3 nitrogen and oxygen atoms in total. The number of aliphatic imine (C=N–C) groups is 1. The second kappa shape index (κ2) is 5.65. The van der Waals surface area contributed by atoms with E-state index in [9.17, 15) is 0 Å². The highest BCUT2D eigenvalue weighted by atomic mass is 35.5. The molecule has 108 valence electrons. The number of nitrogens with one attached hydrogen (secondary N) is 2. The molecule has 2 aliphatic carbocycles. The lowest BCUT2D eigenvalue weighted by Crippen LogP contribution is -2.41. The molecule has 0 aliphatic heterocycles. The lowest BCUT2D eigenvalue weighted by molar-refractivity contribution is 0.640. The summed E-state index contributed by atoms with van der Waals surface area (Å²) in [6, 6.07) is 8.25. The van der Waals surface area contributed by atoms with Crippen LogP contribution in [0, 0.1) is 5.92 Å². The van der Waals surface area contributed by atoms with Gasteiger partial charge >= 0.3 is 0 Å². The quantitative estimate of drug-likeness (QED) is 0.646. The van der Waals surface area contributed by atoms with E-state index in [-0.39, 0.29) is 5.41 Å². The summed E-state index contributed by atoms with van der Waals surface area (Å²) in [5.74, 6) is 1.78. The molecule has 0 amide bonds. The van der Waals surface area contributed by atoms with E-state index in [1.54, 1.807) is 0 Å². The summed E-state index contributed by atoms with van der Waals surface area (Å²) >= 11 is 6.10. The topological polar surface area (TPSA) is 36.4 Å². The number of rotatable bonds is 5. The molecule has 0 saturated heterocycles. The fourth-order valence-electron chi connectivity index (χ4n) is 2.57. The molecule has 0 aromatic heterocycles. The third-order valence-corrected chi connectivity index (χ3v) is 4.60. The number of hydrogen-bond donors (Lipinski definition) is 2. The predicted octanol–water partition coefficient (Wildman–Crippen LogP) is 2.95. The van der Waals surface area contributed by atoms with Crippen molar-refractivity contribution in [3.63, 3.8) is 0 Å². The summed E-state index contributed by atoms with van der Waals surface area (Å²) in [6.45, 7) is 1.97. The molecular formula is C16H22ClN3. The largest absolute Gasteiger partial charge is 0.356 e. The van der Waals surface area contributed by atoms with Crippen molar-refractivity contribution in [2.75, 3.05) is 20.1 Å². The average Bonchev–Trinajstić information content (AvgIpc) is 3.35. The van der Waals surface area contributed by atoms with E-state index in [4.69, 9.17) is 11.6 Å². The molecule has 2 N–H and O–H groups in total.